The van der Waals surface area contributed by atoms with E-state index in [4.69, 9.17) is 4.74 Å². The zero-order valence-corrected chi connectivity index (χ0v) is 18.3. The molecule has 0 amide bonds. The van der Waals surface area contributed by atoms with E-state index >= 15 is 0 Å². The van der Waals surface area contributed by atoms with Gasteiger partial charge in [0.1, 0.15) is 5.75 Å². The van der Waals surface area contributed by atoms with Crippen LogP contribution in [0.3, 0.4) is 0 Å². The Bertz CT molecular complexity index is 781. The molecule has 0 aliphatic carbocycles. The molecular formula is C22H27BrO2S. The number of fused-ring (bicyclic) bond motifs is 1. The minimum atomic E-state index is -0.771. The van der Waals surface area contributed by atoms with Crippen LogP contribution in [-0.4, -0.2) is 23.1 Å². The van der Waals surface area contributed by atoms with Crippen molar-refractivity contribution in [2.45, 2.75) is 56.4 Å². The number of thioether (sulfide) groups is 1. The van der Waals surface area contributed by atoms with Crippen molar-refractivity contribution in [3.8, 4) is 5.75 Å². The Kier molecular flexibility index (Phi) is 5.76. The second kappa shape index (κ2) is 7.57. The summed E-state index contributed by atoms with van der Waals surface area (Å²) in [5.74, 6) is 1.68. The maximum Gasteiger partial charge on any atom is 0.126 e. The van der Waals surface area contributed by atoms with Gasteiger partial charge in [0.25, 0.3) is 0 Å². The second-order valence-electron chi connectivity index (χ2n) is 8.20. The van der Waals surface area contributed by atoms with E-state index in [9.17, 15) is 5.11 Å². The van der Waals surface area contributed by atoms with Crippen LogP contribution in [0.2, 0.25) is 0 Å². The predicted octanol–water partition coefficient (Wildman–Crippen LogP) is 5.90. The fourth-order valence-corrected chi connectivity index (χ4v) is 5.16. The average molecular weight is 435 g/mol. The molecule has 1 atom stereocenters. The third kappa shape index (κ3) is 4.65. The van der Waals surface area contributed by atoms with Gasteiger partial charge in [-0.15, -0.1) is 11.8 Å². The lowest BCUT2D eigenvalue weighted by atomic mass is 9.75. The summed E-state index contributed by atoms with van der Waals surface area (Å²) in [4.78, 5) is 1.19. The molecule has 0 saturated heterocycles. The highest BCUT2D eigenvalue weighted by atomic mass is 79.9. The van der Waals surface area contributed by atoms with Crippen LogP contribution in [0.15, 0.2) is 45.8 Å². The first-order valence-corrected chi connectivity index (χ1v) is 10.8. The van der Waals surface area contributed by atoms with Crippen molar-refractivity contribution in [2.24, 2.45) is 0 Å². The fourth-order valence-electron chi connectivity index (χ4n) is 3.74. The number of hydrogen-bond acceptors (Lipinski definition) is 3. The topological polar surface area (TPSA) is 29.5 Å². The summed E-state index contributed by atoms with van der Waals surface area (Å²) in [5, 5.41) is 11.1. The lowest BCUT2D eigenvalue weighted by Gasteiger charge is -2.35. The van der Waals surface area contributed by atoms with Crippen LogP contribution in [0.1, 0.15) is 43.9 Å². The molecule has 1 N–H and O–H groups in total. The van der Waals surface area contributed by atoms with Gasteiger partial charge in [-0.2, -0.15) is 0 Å². The summed E-state index contributed by atoms with van der Waals surface area (Å²) >= 11 is 5.34. The smallest absolute Gasteiger partial charge is 0.126 e. The van der Waals surface area contributed by atoms with E-state index < -0.39 is 5.60 Å². The maximum absolute atomic E-state index is 11.1. The lowest BCUT2D eigenvalue weighted by molar-refractivity contribution is 0.0544. The SMILES string of the molecule is Cc1ccc(SC[C@](C)(O)CC(C)(C)c2cc(Br)cc3c2OCC3)cc1. The number of hydrogen-bond donors (Lipinski definition) is 1. The van der Waals surface area contributed by atoms with Gasteiger partial charge in [-0.05, 0) is 55.5 Å². The van der Waals surface area contributed by atoms with Crippen molar-refractivity contribution < 1.29 is 9.84 Å². The molecule has 1 aliphatic heterocycles. The van der Waals surface area contributed by atoms with Crippen LogP contribution in [0.5, 0.6) is 5.75 Å². The molecule has 2 aromatic carbocycles. The Morgan fingerprint density at radius 3 is 2.54 bits per heavy atom. The normalized spacial score (nSPS) is 16.1. The molecule has 140 valence electrons. The molecule has 0 spiro atoms. The number of halogens is 1. The predicted molar refractivity (Wildman–Crippen MR) is 114 cm³/mol. The van der Waals surface area contributed by atoms with E-state index in [1.54, 1.807) is 11.8 Å². The van der Waals surface area contributed by atoms with E-state index in [2.05, 4.69) is 73.1 Å². The molecule has 2 nitrogen and oxygen atoms in total. The second-order valence-corrected chi connectivity index (χ2v) is 10.2. The monoisotopic (exact) mass is 434 g/mol. The Morgan fingerprint density at radius 2 is 1.85 bits per heavy atom. The molecule has 0 saturated carbocycles. The van der Waals surface area contributed by atoms with Crippen LogP contribution < -0.4 is 4.74 Å². The van der Waals surface area contributed by atoms with Crippen LogP contribution in [-0.2, 0) is 11.8 Å². The van der Waals surface area contributed by atoms with Crippen molar-refractivity contribution >= 4 is 27.7 Å². The van der Waals surface area contributed by atoms with Crippen molar-refractivity contribution in [1.82, 2.24) is 0 Å². The number of aryl methyl sites for hydroxylation is 1. The van der Waals surface area contributed by atoms with Gasteiger partial charge in [0.15, 0.2) is 0 Å². The highest BCUT2D eigenvalue weighted by Gasteiger charge is 2.35. The first kappa shape index (κ1) is 19.8. The summed E-state index contributed by atoms with van der Waals surface area (Å²) in [5.41, 5.74) is 2.74. The van der Waals surface area contributed by atoms with E-state index in [0.717, 1.165) is 23.2 Å². The molecule has 1 heterocycles. The van der Waals surface area contributed by atoms with Gasteiger partial charge < -0.3 is 9.84 Å². The molecule has 4 heteroatoms. The maximum atomic E-state index is 11.1. The Hall–Kier alpha value is -0.970. The van der Waals surface area contributed by atoms with Gasteiger partial charge >= 0.3 is 0 Å². The Balaban J connectivity index is 1.74. The average Bonchev–Trinajstić information content (AvgIpc) is 3.00. The molecule has 1 aliphatic rings. The summed E-state index contributed by atoms with van der Waals surface area (Å²) < 4.78 is 7.00. The Labute approximate surface area is 169 Å². The number of aliphatic hydroxyl groups is 1. The molecule has 0 radical (unpaired) electrons. The summed E-state index contributed by atoms with van der Waals surface area (Å²) in [6, 6.07) is 12.8. The molecule has 0 bridgehead atoms. The van der Waals surface area contributed by atoms with Crippen LogP contribution >= 0.6 is 27.7 Å². The first-order valence-electron chi connectivity index (χ1n) is 9.04. The fraction of sp³-hybridized carbons (Fsp3) is 0.455. The van der Waals surface area contributed by atoms with Crippen LogP contribution in [0.25, 0.3) is 0 Å². The van der Waals surface area contributed by atoms with Gasteiger partial charge in [-0.1, -0.05) is 47.5 Å². The van der Waals surface area contributed by atoms with Gasteiger partial charge in [0, 0.05) is 27.1 Å². The molecular weight excluding hydrogens is 408 g/mol. The summed E-state index contributed by atoms with van der Waals surface area (Å²) in [7, 11) is 0. The van der Waals surface area contributed by atoms with Crippen molar-refractivity contribution in [3.05, 3.63) is 57.6 Å². The Morgan fingerprint density at radius 1 is 1.15 bits per heavy atom. The molecule has 0 aromatic heterocycles. The number of rotatable bonds is 6. The van der Waals surface area contributed by atoms with Crippen LogP contribution in [0, 0.1) is 6.92 Å². The van der Waals surface area contributed by atoms with Gasteiger partial charge in [0.2, 0.25) is 0 Å². The minimum Gasteiger partial charge on any atom is -0.493 e. The summed E-state index contributed by atoms with van der Waals surface area (Å²) in [6.07, 6.45) is 1.63. The zero-order valence-electron chi connectivity index (χ0n) is 15.9. The van der Waals surface area contributed by atoms with Crippen molar-refractivity contribution in [3.63, 3.8) is 0 Å². The first-order chi connectivity index (χ1) is 12.2. The van der Waals surface area contributed by atoms with E-state index in [1.807, 2.05) is 6.92 Å². The third-order valence-corrected chi connectivity index (χ3v) is 6.70. The molecule has 0 unspecified atom stereocenters. The highest BCUT2D eigenvalue weighted by molar-refractivity contribution is 9.10. The van der Waals surface area contributed by atoms with Gasteiger partial charge in [0.05, 0.1) is 12.2 Å². The van der Waals surface area contributed by atoms with Gasteiger partial charge in [-0.3, -0.25) is 0 Å². The summed E-state index contributed by atoms with van der Waals surface area (Å²) in [6.45, 7) is 9.17. The number of ether oxygens (including phenoxy) is 1. The number of benzene rings is 2. The van der Waals surface area contributed by atoms with Gasteiger partial charge in [-0.25, -0.2) is 0 Å². The standard InChI is InChI=1S/C22H27BrO2S/c1-15-5-7-18(8-6-15)26-14-22(4,24)13-21(2,3)19-12-17(23)11-16-9-10-25-20(16)19/h5-8,11-12,24H,9-10,13-14H2,1-4H3/t22-/m1/s1. The zero-order chi connectivity index (χ0) is 18.9. The largest absolute Gasteiger partial charge is 0.493 e. The van der Waals surface area contributed by atoms with Crippen LogP contribution in [0.4, 0.5) is 0 Å². The van der Waals surface area contributed by atoms with Crippen molar-refractivity contribution in [1.29, 1.82) is 0 Å². The minimum absolute atomic E-state index is 0.185. The van der Waals surface area contributed by atoms with E-state index in [1.165, 1.54) is 21.6 Å². The van der Waals surface area contributed by atoms with E-state index in [-0.39, 0.29) is 5.41 Å². The molecule has 26 heavy (non-hydrogen) atoms. The third-order valence-electron chi connectivity index (χ3n) is 4.87. The van der Waals surface area contributed by atoms with E-state index in [0.29, 0.717) is 12.2 Å². The molecule has 3 rings (SSSR count). The van der Waals surface area contributed by atoms with Crippen molar-refractivity contribution in [2.75, 3.05) is 12.4 Å². The quantitative estimate of drug-likeness (QED) is 0.573. The highest BCUT2D eigenvalue weighted by Crippen LogP contribution is 2.43. The molecule has 0 fully saturated rings. The molecule has 2 aromatic rings. The lowest BCUT2D eigenvalue weighted by Crippen LogP contribution is -2.36.